The van der Waals surface area contributed by atoms with Crippen molar-refractivity contribution in [2.75, 3.05) is 0 Å². The van der Waals surface area contributed by atoms with Crippen molar-refractivity contribution in [3.8, 4) is 0 Å². The molecule has 0 spiro atoms. The van der Waals surface area contributed by atoms with Crippen LogP contribution < -0.4 is 7.25 Å². The Hall–Kier alpha value is 15.4. The fourth-order valence-corrected chi connectivity index (χ4v) is 81.9. The normalized spacial score (nSPS) is 11.1. The zero-order valence-corrected chi connectivity index (χ0v) is 124. The molecule has 0 atom stereocenters. The SMILES string of the molecule is Cc1[c]([RaH])[c]([RaH])c(Sc2[c]([RaH])[c]([RaH])c(C)c3[c]([RaH])[c]([RaH])[c]([RaH])[c]([RaH])c23)c2[c]([RaH])[c]([RaH])[c]([RaH])[c]([RaH])c12. The molecule has 0 N–H and O–H groups in total. The van der Waals surface area contributed by atoms with E-state index in [1.54, 1.807) is 0 Å². The van der Waals surface area contributed by atoms with E-state index in [2.05, 4.69) is 25.6 Å². The van der Waals surface area contributed by atoms with Crippen LogP contribution in [-0.4, -0.2) is 0 Å². The summed E-state index contributed by atoms with van der Waals surface area (Å²) in [7, 11) is 0. The van der Waals surface area contributed by atoms with Crippen LogP contribution >= 0.6 is 11.8 Å². The second kappa shape index (κ2) is 19.8. The van der Waals surface area contributed by atoms with E-state index in [0.29, 0.717) is 514 Å². The van der Waals surface area contributed by atoms with E-state index in [1.165, 1.54) is 0 Å². The Labute approximate surface area is 564 Å². The second-order valence-electron chi connectivity index (χ2n) is 11.0. The van der Waals surface area contributed by atoms with Gasteiger partial charge in [-0.1, -0.05) is 0 Å². The molecular weight excluding hydrogens is 3010 g/mol. The maximum atomic E-state index is 2.57. The minimum atomic E-state index is 0.420. The molecule has 0 heterocycles. The Bertz CT molecular complexity index is 1470. The van der Waals surface area contributed by atoms with Gasteiger partial charge in [-0.25, -0.2) is 0 Å². The molecule has 4 rings (SSSR count). The molecule has 0 saturated carbocycles. The fraction of sp³-hybridized carbons (Fsp3) is 0.0909. The maximum absolute atomic E-state index is 2.57. The average Bonchev–Trinajstić information content (AvgIpc) is 2.83. The third-order valence-corrected chi connectivity index (χ3v) is 217. The molecule has 0 fully saturated rings. The molecule has 4 aromatic carbocycles. The van der Waals surface area contributed by atoms with Gasteiger partial charge >= 0.3 is 589 Å². The zero-order valence-electron chi connectivity index (χ0n) is 24.4. The van der Waals surface area contributed by atoms with Crippen LogP contribution in [0.3, 0.4) is 0 Å². The molecular formula is C22H18Ra12S. The van der Waals surface area contributed by atoms with Gasteiger partial charge < -0.3 is 0 Å². The Balaban J connectivity index is 2.23. The summed E-state index contributed by atoms with van der Waals surface area (Å²) in [6.07, 6.45) is 0. The van der Waals surface area contributed by atoms with Crippen molar-refractivity contribution in [1.82, 2.24) is 0 Å². The van der Waals surface area contributed by atoms with Crippen LogP contribution in [-0.2, 0) is 0 Å². The zero-order chi connectivity index (χ0) is 26.3. The third-order valence-electron chi connectivity index (χ3n) is 9.71. The summed E-state index contributed by atoms with van der Waals surface area (Å²) in [6, 6.07) is 0. The van der Waals surface area contributed by atoms with Crippen LogP contribution in [0.2, 0.25) is 0 Å². The van der Waals surface area contributed by atoms with E-state index in [4.69, 9.17) is 0 Å². The van der Waals surface area contributed by atoms with Crippen LogP contribution in [0.25, 0.3) is 21.5 Å². The first-order valence-electron chi connectivity index (χ1n) is 12.9. The molecule has 0 nitrogen and oxygen atoms in total. The summed E-state index contributed by atoms with van der Waals surface area (Å²) >= 11 is 8.10. The Morgan fingerprint density at radius 3 is 0.857 bits per heavy atom. The fourth-order valence-electron chi connectivity index (χ4n) is 6.14. The summed E-state index contributed by atoms with van der Waals surface area (Å²) < 4.78 is 23.9. The van der Waals surface area contributed by atoms with Gasteiger partial charge in [0.2, 0.25) is 0 Å². The van der Waals surface area contributed by atoms with Gasteiger partial charge in [0.05, 0.1) is 0 Å². The molecule has 4 aromatic rings. The van der Waals surface area contributed by atoms with Crippen LogP contribution in [0.15, 0.2) is 9.79 Å². The Morgan fingerprint density at radius 1 is 0.314 bits per heavy atom. The van der Waals surface area contributed by atoms with Gasteiger partial charge in [-0.05, 0) is 0 Å². The molecule has 136 valence electrons. The predicted octanol–water partition coefficient (Wildman–Crippen LogP) is -6.36. The Kier molecular flexibility index (Phi) is 24.4. The van der Waals surface area contributed by atoms with Crippen molar-refractivity contribution in [2.45, 2.75) is 23.6 Å². The molecule has 0 bridgehead atoms. The first kappa shape index (κ1) is 43.1. The molecule has 35 heavy (non-hydrogen) atoms. The molecule has 0 aromatic heterocycles. The summed E-state index contributed by atoms with van der Waals surface area (Å²) in [4.78, 5) is 3.79. The number of benzene rings is 4. The monoisotopic (exact) mass is 3030 g/mol. The number of aryl methyl sites for hydroxylation is 2. The number of fused-ring (bicyclic) bond motifs is 2. The Morgan fingerprint density at radius 2 is 0.571 bits per heavy atom. The van der Waals surface area contributed by atoms with Crippen molar-refractivity contribution >= 4 is 40.6 Å². The molecule has 0 aliphatic heterocycles. The van der Waals surface area contributed by atoms with Crippen LogP contribution in [0.4, 0.5) is 0 Å². The molecule has 13 heteroatoms. The van der Waals surface area contributed by atoms with Gasteiger partial charge in [0.25, 0.3) is 0 Å². The van der Waals surface area contributed by atoms with Gasteiger partial charge in [0.15, 0.2) is 0 Å². The molecule has 0 aliphatic rings. The first-order chi connectivity index (χ1) is 16.2. The summed E-state index contributed by atoms with van der Waals surface area (Å²) in [5, 5.41) is 7.59. The molecule has 0 radical (unpaired) electrons. The van der Waals surface area contributed by atoms with Crippen LogP contribution in [0, 0.1) is 527 Å². The van der Waals surface area contributed by atoms with Gasteiger partial charge in [-0.2, -0.15) is 0 Å². The van der Waals surface area contributed by atoms with Crippen molar-refractivity contribution in [2.24, 2.45) is 0 Å². The van der Waals surface area contributed by atoms with Gasteiger partial charge in [0.1, 0.15) is 0 Å². The molecule has 0 unspecified atom stereocenters. The van der Waals surface area contributed by atoms with Gasteiger partial charge in [-0.3, -0.25) is 0 Å². The van der Waals surface area contributed by atoms with Crippen molar-refractivity contribution in [3.63, 3.8) is 0 Å². The summed E-state index contributed by atoms with van der Waals surface area (Å²) in [5.74, 6) is 0. The van der Waals surface area contributed by atoms with E-state index in [-0.39, 0.29) is 0 Å². The van der Waals surface area contributed by atoms with Crippen molar-refractivity contribution in [1.29, 1.82) is 0 Å². The van der Waals surface area contributed by atoms with Crippen LogP contribution in [0.5, 0.6) is 0 Å². The summed E-state index contributed by atoms with van der Waals surface area (Å²) in [6.45, 7) is 5.14. The van der Waals surface area contributed by atoms with E-state index in [1.807, 2.05) is 49.7 Å². The van der Waals surface area contributed by atoms with Crippen molar-refractivity contribution in [3.05, 3.63) is 11.1 Å². The van der Waals surface area contributed by atoms with E-state index in [9.17, 15) is 0 Å². The summed E-state index contributed by atoms with van der Waals surface area (Å²) in [5.41, 5.74) is 3.63. The third kappa shape index (κ3) is 9.61. The second-order valence-corrected chi connectivity index (χ2v) is 61.3. The van der Waals surface area contributed by atoms with E-state index >= 15 is 0 Å². The number of hydrogen-bond donors (Lipinski definition) is 0. The predicted molar refractivity (Wildman–Crippen MR) is 114 cm³/mol. The van der Waals surface area contributed by atoms with Gasteiger partial charge in [-0.15, -0.1) is 0 Å². The molecule has 0 aliphatic carbocycles. The standard InChI is InChI=1S/C22H6S.12Ra.12H/c1-15-11-13-21(19-9-5-3-7-17(15)19)23-22-14-12-16(2)18-8-4-6-10-20(18)22;;;;;;;;;;;;;;;;;;;;;;;;/h1-2H3;;;;;;;;;;;;;;;;;;;;;;;;. The molecule has 0 saturated heterocycles. The number of rotatable bonds is 2. The first-order valence-corrected chi connectivity index (χ1v) is 63.0. The number of hydrogen-bond acceptors (Lipinski definition) is 1. The topological polar surface area (TPSA) is 0 Å². The minimum absolute atomic E-state index is 0.420. The van der Waals surface area contributed by atoms with Crippen LogP contribution in [0.1, 0.15) is 11.1 Å². The van der Waals surface area contributed by atoms with E-state index in [0.717, 1.165) is 0 Å². The van der Waals surface area contributed by atoms with E-state index < -0.39 is 0 Å². The molecule has 0 amide bonds. The average molecular weight is 3030 g/mol. The quantitative estimate of drug-likeness (QED) is 0.193. The van der Waals surface area contributed by atoms with Crippen molar-refractivity contribution < 1.29 is 514 Å². The van der Waals surface area contributed by atoms with Gasteiger partial charge in [0, 0.05) is 0 Å².